The monoisotopic (exact) mass is 629 g/mol. The standard InChI is InChI=1S/C31H24F4NO5PS/c32-30(33,28(37)38)23-14-10-20(11-15-23)18-29(22-6-2-1-3-7-22,27-36-25-8-4-5-9-26(25)43-27)19-21-12-16-24(17-13-21)31(34,35)42(39,40)41/h1-17H,18-19H2,(H,37,38)(H2,39,40,41). The number of hydrogen-bond acceptors (Lipinski definition) is 4. The van der Waals surface area contributed by atoms with Crippen LogP contribution in [0.1, 0.15) is 32.8 Å². The zero-order chi connectivity index (χ0) is 31.0. The molecule has 3 N–H and O–H groups in total. The minimum absolute atomic E-state index is 0.200. The molecular formula is C31H24F4NO5PS. The van der Waals surface area contributed by atoms with E-state index in [1.54, 1.807) is 0 Å². The van der Waals surface area contributed by atoms with Crippen LogP contribution in [0, 0.1) is 0 Å². The van der Waals surface area contributed by atoms with Gasteiger partial charge in [0.2, 0.25) is 0 Å². The molecule has 5 aromatic rings. The molecular weight excluding hydrogens is 605 g/mol. The third-order valence-electron chi connectivity index (χ3n) is 7.29. The van der Waals surface area contributed by atoms with E-state index in [1.807, 2.05) is 54.6 Å². The first-order valence-corrected chi connectivity index (χ1v) is 15.3. The van der Waals surface area contributed by atoms with Crippen molar-refractivity contribution in [3.8, 4) is 0 Å². The van der Waals surface area contributed by atoms with Crippen LogP contribution in [0.15, 0.2) is 103 Å². The van der Waals surface area contributed by atoms with E-state index in [0.29, 0.717) is 16.1 Å². The van der Waals surface area contributed by atoms with E-state index in [4.69, 9.17) is 19.9 Å². The van der Waals surface area contributed by atoms with Crippen molar-refractivity contribution in [1.29, 1.82) is 0 Å². The molecule has 5 rings (SSSR count). The van der Waals surface area contributed by atoms with Crippen molar-refractivity contribution in [2.45, 2.75) is 29.8 Å². The van der Waals surface area contributed by atoms with Gasteiger partial charge in [-0.2, -0.15) is 17.6 Å². The molecule has 0 amide bonds. The molecule has 0 bridgehead atoms. The molecule has 4 aromatic carbocycles. The van der Waals surface area contributed by atoms with Gasteiger partial charge < -0.3 is 14.9 Å². The van der Waals surface area contributed by atoms with Crippen LogP contribution in [0.2, 0.25) is 0 Å². The first-order chi connectivity index (χ1) is 20.2. The number of hydrogen-bond donors (Lipinski definition) is 3. The van der Waals surface area contributed by atoms with E-state index < -0.39 is 41.7 Å². The van der Waals surface area contributed by atoms with Crippen molar-refractivity contribution in [2.75, 3.05) is 0 Å². The Labute approximate surface area is 247 Å². The van der Waals surface area contributed by atoms with Gasteiger partial charge in [-0.15, -0.1) is 11.3 Å². The molecule has 0 radical (unpaired) electrons. The smallest absolute Gasteiger partial charge is 0.399 e. The number of aromatic nitrogens is 1. The van der Waals surface area contributed by atoms with Gasteiger partial charge >= 0.3 is 25.2 Å². The number of fused-ring (bicyclic) bond motifs is 1. The highest BCUT2D eigenvalue weighted by atomic mass is 32.1. The fourth-order valence-corrected chi connectivity index (χ4v) is 6.68. The molecule has 0 aliphatic carbocycles. The summed E-state index contributed by atoms with van der Waals surface area (Å²) in [7, 11) is -5.76. The van der Waals surface area contributed by atoms with E-state index in [9.17, 15) is 26.9 Å². The molecule has 1 heterocycles. The Kier molecular flexibility index (Phi) is 8.04. The van der Waals surface area contributed by atoms with Crippen LogP contribution in [0.3, 0.4) is 0 Å². The van der Waals surface area contributed by atoms with Gasteiger partial charge in [0.1, 0.15) is 5.01 Å². The van der Waals surface area contributed by atoms with Crippen molar-refractivity contribution in [3.05, 3.63) is 136 Å². The molecule has 6 nitrogen and oxygen atoms in total. The normalized spacial score (nSPS) is 14.0. The Balaban J connectivity index is 1.65. The number of nitrogens with zero attached hydrogens (tertiary/aromatic N) is 1. The van der Waals surface area contributed by atoms with Crippen molar-refractivity contribution < 1.29 is 41.8 Å². The number of para-hydroxylation sites is 1. The van der Waals surface area contributed by atoms with Crippen LogP contribution in [-0.4, -0.2) is 25.8 Å². The lowest BCUT2D eigenvalue weighted by Gasteiger charge is -2.33. The molecule has 0 saturated heterocycles. The number of thiazole rings is 1. The molecule has 1 unspecified atom stereocenters. The van der Waals surface area contributed by atoms with Gasteiger partial charge in [-0.3, -0.25) is 4.57 Å². The molecule has 0 aliphatic rings. The van der Waals surface area contributed by atoms with Crippen LogP contribution >= 0.6 is 18.9 Å². The number of carboxylic acid groups (broad SMARTS) is 1. The molecule has 0 spiro atoms. The van der Waals surface area contributed by atoms with E-state index >= 15 is 0 Å². The van der Waals surface area contributed by atoms with Gasteiger partial charge in [0.05, 0.1) is 15.6 Å². The third-order valence-corrected chi connectivity index (χ3v) is 9.52. The molecule has 12 heteroatoms. The van der Waals surface area contributed by atoms with E-state index in [2.05, 4.69) is 0 Å². The van der Waals surface area contributed by atoms with Crippen molar-refractivity contribution >= 4 is 35.1 Å². The molecule has 0 fully saturated rings. The van der Waals surface area contributed by atoms with Gasteiger partial charge in [0.25, 0.3) is 0 Å². The van der Waals surface area contributed by atoms with Crippen molar-refractivity contribution in [1.82, 2.24) is 4.98 Å². The second-order valence-corrected chi connectivity index (χ2v) is 12.8. The molecule has 0 saturated carbocycles. The van der Waals surface area contributed by atoms with Gasteiger partial charge in [-0.25, -0.2) is 9.78 Å². The van der Waals surface area contributed by atoms with E-state index in [1.165, 1.54) is 35.6 Å². The molecule has 222 valence electrons. The first kappa shape index (κ1) is 30.6. The quantitative estimate of drug-likeness (QED) is 0.109. The van der Waals surface area contributed by atoms with Crippen LogP contribution in [0.5, 0.6) is 0 Å². The zero-order valence-electron chi connectivity index (χ0n) is 22.2. The van der Waals surface area contributed by atoms with E-state index in [-0.39, 0.29) is 12.8 Å². The van der Waals surface area contributed by atoms with Crippen LogP contribution in [0.4, 0.5) is 17.6 Å². The average Bonchev–Trinajstić information content (AvgIpc) is 3.42. The summed E-state index contributed by atoms with van der Waals surface area (Å²) in [5, 5.41) is 9.62. The molecule has 1 atom stereocenters. The van der Waals surface area contributed by atoms with Crippen molar-refractivity contribution in [3.63, 3.8) is 0 Å². The Bertz CT molecular complexity index is 1780. The fraction of sp³-hybridized carbons (Fsp3) is 0.161. The molecule has 0 aliphatic heterocycles. The molecule has 43 heavy (non-hydrogen) atoms. The predicted octanol–water partition coefficient (Wildman–Crippen LogP) is 7.47. The first-order valence-electron chi connectivity index (χ1n) is 12.9. The summed E-state index contributed by atoms with van der Waals surface area (Å²) in [5.74, 6) is -6.33. The summed E-state index contributed by atoms with van der Waals surface area (Å²) in [5.41, 5.74) is -4.13. The summed E-state index contributed by atoms with van der Waals surface area (Å²) in [4.78, 5) is 34.3. The number of carbonyl (C=O) groups is 1. The number of benzene rings is 4. The summed E-state index contributed by atoms with van der Waals surface area (Å²) < 4.78 is 69.4. The zero-order valence-corrected chi connectivity index (χ0v) is 23.9. The Morgan fingerprint density at radius 1 is 0.721 bits per heavy atom. The number of halogens is 4. The van der Waals surface area contributed by atoms with Crippen LogP contribution in [0.25, 0.3) is 10.2 Å². The van der Waals surface area contributed by atoms with Gasteiger partial charge in [0, 0.05) is 11.1 Å². The lowest BCUT2D eigenvalue weighted by atomic mass is 9.71. The van der Waals surface area contributed by atoms with Crippen LogP contribution in [-0.2, 0) is 39.2 Å². The maximum atomic E-state index is 14.4. The number of carboxylic acids is 1. The number of aliphatic carboxylic acids is 1. The predicted molar refractivity (Wildman–Crippen MR) is 155 cm³/mol. The van der Waals surface area contributed by atoms with Gasteiger partial charge in [0.15, 0.2) is 0 Å². The summed E-state index contributed by atoms with van der Waals surface area (Å²) >= 11 is 1.43. The summed E-state index contributed by atoms with van der Waals surface area (Å²) in [6.45, 7) is 0. The second-order valence-electron chi connectivity index (χ2n) is 10.1. The Hall–Kier alpha value is -3.89. The maximum Gasteiger partial charge on any atom is 0.399 e. The second kappa shape index (κ2) is 11.3. The minimum atomic E-state index is -5.76. The Morgan fingerprint density at radius 3 is 1.74 bits per heavy atom. The number of alkyl halides is 4. The summed E-state index contributed by atoms with van der Waals surface area (Å²) in [6, 6.07) is 26.4. The van der Waals surface area contributed by atoms with Gasteiger partial charge in [-0.1, -0.05) is 91.0 Å². The minimum Gasteiger partial charge on any atom is -0.477 e. The van der Waals surface area contributed by atoms with E-state index in [0.717, 1.165) is 40.0 Å². The maximum absolute atomic E-state index is 14.4. The largest absolute Gasteiger partial charge is 0.477 e. The third kappa shape index (κ3) is 5.86. The molecule has 1 aromatic heterocycles. The topological polar surface area (TPSA) is 108 Å². The van der Waals surface area contributed by atoms with Crippen LogP contribution < -0.4 is 0 Å². The van der Waals surface area contributed by atoms with Gasteiger partial charge in [-0.05, 0) is 41.7 Å². The Morgan fingerprint density at radius 2 is 1.23 bits per heavy atom. The van der Waals surface area contributed by atoms with Crippen molar-refractivity contribution in [2.24, 2.45) is 0 Å². The highest BCUT2D eigenvalue weighted by Gasteiger charge is 2.50. The number of rotatable bonds is 10. The lowest BCUT2D eigenvalue weighted by molar-refractivity contribution is -0.166. The lowest BCUT2D eigenvalue weighted by Crippen LogP contribution is -2.33. The fourth-order valence-electron chi connectivity index (χ4n) is 5.02. The highest BCUT2D eigenvalue weighted by molar-refractivity contribution is 7.52. The average molecular weight is 630 g/mol. The highest BCUT2D eigenvalue weighted by Crippen LogP contribution is 2.59. The summed E-state index contributed by atoms with van der Waals surface area (Å²) in [6.07, 6.45) is 0.418. The SMILES string of the molecule is O=C(O)C(F)(F)c1ccc(CC(Cc2ccc(C(F)(F)P(=O)(O)O)cc2)(c2ccccc2)c2nc3ccccc3s2)cc1.